The number of hydrogen-bond acceptors (Lipinski definition) is 7. The van der Waals surface area contributed by atoms with Crippen molar-refractivity contribution in [1.29, 1.82) is 0 Å². The molecular weight excluding hydrogens is 472 g/mol. The van der Waals surface area contributed by atoms with Gasteiger partial charge in [-0.15, -0.1) is 11.3 Å². The van der Waals surface area contributed by atoms with Crippen molar-refractivity contribution in [2.75, 3.05) is 5.32 Å². The second-order valence-corrected chi connectivity index (χ2v) is 10.7. The number of fused-ring (bicyclic) bond motifs is 5. The van der Waals surface area contributed by atoms with Gasteiger partial charge in [0, 0.05) is 40.8 Å². The fourth-order valence-corrected chi connectivity index (χ4v) is 7.17. The van der Waals surface area contributed by atoms with Crippen LogP contribution in [0.3, 0.4) is 0 Å². The molecule has 4 aromatic heterocycles. The highest BCUT2D eigenvalue weighted by Crippen LogP contribution is 2.46. The molecule has 3 aliphatic carbocycles. The average Bonchev–Trinajstić information content (AvgIpc) is 3.54. The highest BCUT2D eigenvalue weighted by molar-refractivity contribution is 7.15. The first-order valence-corrected chi connectivity index (χ1v) is 13.2. The molecule has 3 aliphatic rings. The minimum absolute atomic E-state index is 0.142. The molecule has 9 heteroatoms. The van der Waals surface area contributed by atoms with E-state index in [9.17, 15) is 9.90 Å². The topological polar surface area (TPSA) is 117 Å². The number of aliphatic carboxylic acids is 1. The number of anilines is 1. The van der Waals surface area contributed by atoms with Gasteiger partial charge >= 0.3 is 5.97 Å². The Hall–Kier alpha value is -3.85. The third-order valence-corrected chi connectivity index (χ3v) is 8.92. The normalized spacial score (nSPS) is 23.3. The van der Waals surface area contributed by atoms with E-state index >= 15 is 0 Å². The summed E-state index contributed by atoms with van der Waals surface area (Å²) in [7, 11) is 0. The number of carbonyl (C=O) groups is 1. The monoisotopic (exact) mass is 496 g/mol. The lowest BCUT2D eigenvalue weighted by Crippen LogP contribution is -2.51. The van der Waals surface area contributed by atoms with Gasteiger partial charge in [-0.1, -0.05) is 24.3 Å². The molecule has 1 aromatic carbocycles. The van der Waals surface area contributed by atoms with Gasteiger partial charge in [0.25, 0.3) is 0 Å². The van der Waals surface area contributed by atoms with Gasteiger partial charge < -0.3 is 15.4 Å². The number of aromatic amines is 1. The van der Waals surface area contributed by atoms with Crippen LogP contribution in [0.15, 0.2) is 54.4 Å². The van der Waals surface area contributed by atoms with E-state index in [1.54, 1.807) is 17.5 Å². The van der Waals surface area contributed by atoms with Crippen molar-refractivity contribution in [3.05, 3.63) is 54.4 Å². The number of thiophene rings is 1. The Morgan fingerprint density at radius 3 is 2.78 bits per heavy atom. The summed E-state index contributed by atoms with van der Waals surface area (Å²) in [5, 5.41) is 18.9. The van der Waals surface area contributed by atoms with Gasteiger partial charge in [-0.05, 0) is 48.3 Å². The van der Waals surface area contributed by atoms with Crippen LogP contribution in [-0.4, -0.2) is 42.0 Å². The molecule has 0 aliphatic heterocycles. The predicted octanol–water partition coefficient (Wildman–Crippen LogP) is 5.60. The van der Waals surface area contributed by atoms with Crippen molar-refractivity contribution < 1.29 is 9.90 Å². The van der Waals surface area contributed by atoms with Gasteiger partial charge in [0.2, 0.25) is 0 Å². The van der Waals surface area contributed by atoms with Gasteiger partial charge in [-0.25, -0.2) is 19.9 Å². The number of carboxylic acids is 1. The molecule has 3 saturated carbocycles. The van der Waals surface area contributed by atoms with Crippen molar-refractivity contribution in [2.45, 2.75) is 31.7 Å². The Morgan fingerprint density at radius 1 is 1.08 bits per heavy atom. The van der Waals surface area contributed by atoms with E-state index in [0.717, 1.165) is 58.2 Å². The molecule has 2 atom stereocenters. The molecule has 36 heavy (non-hydrogen) atoms. The molecule has 3 fully saturated rings. The number of rotatable bonds is 5. The Kier molecular flexibility index (Phi) is 4.99. The van der Waals surface area contributed by atoms with Gasteiger partial charge in [0.1, 0.15) is 17.8 Å². The molecular formula is C27H24N6O2S. The van der Waals surface area contributed by atoms with E-state index in [1.807, 2.05) is 24.4 Å². The van der Waals surface area contributed by atoms with Gasteiger partial charge in [-0.2, -0.15) is 0 Å². The quantitative estimate of drug-likeness (QED) is 0.290. The zero-order valence-corrected chi connectivity index (χ0v) is 20.2. The number of aromatic nitrogens is 5. The third kappa shape index (κ3) is 3.45. The Balaban J connectivity index is 1.37. The van der Waals surface area contributed by atoms with Gasteiger partial charge in [0.05, 0.1) is 16.5 Å². The highest BCUT2D eigenvalue weighted by Gasteiger charge is 2.47. The molecule has 3 N–H and O–H groups in total. The minimum atomic E-state index is -0.713. The van der Waals surface area contributed by atoms with Crippen molar-refractivity contribution in [3.8, 4) is 22.0 Å². The molecule has 8 nitrogen and oxygen atoms in total. The third-order valence-electron chi connectivity index (χ3n) is 7.88. The Labute approximate surface area is 210 Å². The summed E-state index contributed by atoms with van der Waals surface area (Å²) in [6.07, 6.45) is 9.25. The molecule has 2 bridgehead atoms. The van der Waals surface area contributed by atoms with Crippen LogP contribution in [0.1, 0.15) is 25.7 Å². The molecule has 0 saturated heterocycles. The summed E-state index contributed by atoms with van der Waals surface area (Å²) in [6.45, 7) is 0. The van der Waals surface area contributed by atoms with Crippen LogP contribution < -0.4 is 5.32 Å². The first-order chi connectivity index (χ1) is 17.7. The number of hydrogen-bond donors (Lipinski definition) is 3. The van der Waals surface area contributed by atoms with Crippen LogP contribution in [0.2, 0.25) is 0 Å². The van der Waals surface area contributed by atoms with Crippen molar-refractivity contribution in [2.24, 2.45) is 17.8 Å². The smallest absolute Gasteiger partial charge is 0.308 e. The summed E-state index contributed by atoms with van der Waals surface area (Å²) in [5.74, 6) is 0.654. The summed E-state index contributed by atoms with van der Waals surface area (Å²) in [4.78, 5) is 34.9. The van der Waals surface area contributed by atoms with E-state index < -0.39 is 11.9 Å². The van der Waals surface area contributed by atoms with Crippen molar-refractivity contribution in [1.82, 2.24) is 24.9 Å². The number of benzene rings is 1. The van der Waals surface area contributed by atoms with Crippen LogP contribution in [0.4, 0.5) is 5.82 Å². The van der Waals surface area contributed by atoms with Crippen LogP contribution in [0.25, 0.3) is 43.8 Å². The number of carboxylic acid groups (broad SMARTS) is 1. The van der Waals surface area contributed by atoms with Crippen LogP contribution in [0.5, 0.6) is 0 Å². The van der Waals surface area contributed by atoms with E-state index in [2.05, 4.69) is 37.8 Å². The number of nitrogens with one attached hydrogen (secondary N) is 2. The lowest BCUT2D eigenvalue weighted by molar-refractivity contribution is -0.148. The first-order valence-electron chi connectivity index (χ1n) is 12.3. The molecule has 0 amide bonds. The van der Waals surface area contributed by atoms with Crippen LogP contribution >= 0.6 is 11.3 Å². The van der Waals surface area contributed by atoms with Gasteiger partial charge in [0.15, 0.2) is 5.82 Å². The molecule has 180 valence electrons. The Bertz CT molecular complexity index is 1510. The maximum atomic E-state index is 12.3. The molecule has 0 spiro atoms. The molecule has 5 aromatic rings. The molecule has 4 heterocycles. The minimum Gasteiger partial charge on any atom is -0.481 e. The van der Waals surface area contributed by atoms with E-state index in [0.29, 0.717) is 17.6 Å². The summed E-state index contributed by atoms with van der Waals surface area (Å²) >= 11 is 1.65. The number of H-pyrrole nitrogens is 1. The molecule has 0 radical (unpaired) electrons. The summed E-state index contributed by atoms with van der Waals surface area (Å²) in [6, 6.07) is 10.1. The predicted molar refractivity (Wildman–Crippen MR) is 140 cm³/mol. The zero-order chi connectivity index (χ0) is 24.2. The van der Waals surface area contributed by atoms with E-state index in [-0.39, 0.29) is 12.0 Å². The van der Waals surface area contributed by atoms with Crippen LogP contribution in [-0.2, 0) is 4.79 Å². The first kappa shape index (κ1) is 21.4. The fraction of sp³-hybridized carbons (Fsp3) is 0.296. The lowest BCUT2D eigenvalue weighted by Gasteiger charge is -2.47. The Morgan fingerprint density at radius 2 is 1.92 bits per heavy atom. The maximum Gasteiger partial charge on any atom is 0.308 e. The largest absolute Gasteiger partial charge is 0.481 e. The zero-order valence-electron chi connectivity index (χ0n) is 19.4. The molecule has 2 unspecified atom stereocenters. The van der Waals surface area contributed by atoms with Crippen molar-refractivity contribution >= 4 is 44.9 Å². The maximum absolute atomic E-state index is 12.3. The summed E-state index contributed by atoms with van der Waals surface area (Å²) < 4.78 is 0. The fourth-order valence-electron chi connectivity index (χ4n) is 6.18. The van der Waals surface area contributed by atoms with E-state index in [1.165, 1.54) is 11.7 Å². The molecule has 8 rings (SSSR count). The SMILES string of the molecule is O=C(O)C1C2CCC(CC2)C1Nc1cc(-c2scc3ccccc23)nc(-c2c[nH]c3ncncc23)n1. The standard InChI is InChI=1S/C27H24N6O2S/c34-27(35)22-14-5-7-15(8-6-14)23(22)32-21-9-20(24-17-4-2-1-3-16(17)12-36-24)31-26(33-21)19-11-29-25-18(19)10-28-13-30-25/h1-4,9-15,22-23H,5-8H2,(H,34,35)(H,28,29,30)(H,31,32,33). The summed E-state index contributed by atoms with van der Waals surface area (Å²) in [5.41, 5.74) is 2.35. The second kappa shape index (κ2) is 8.37. The van der Waals surface area contributed by atoms with Crippen molar-refractivity contribution in [3.63, 3.8) is 0 Å². The van der Waals surface area contributed by atoms with E-state index in [4.69, 9.17) is 9.97 Å². The second-order valence-electron chi connectivity index (χ2n) is 9.81. The number of nitrogens with zero attached hydrogens (tertiary/aromatic N) is 4. The van der Waals surface area contributed by atoms with Gasteiger partial charge in [-0.3, -0.25) is 4.79 Å². The highest BCUT2D eigenvalue weighted by atomic mass is 32.1. The average molecular weight is 497 g/mol. The van der Waals surface area contributed by atoms with Crippen LogP contribution in [0, 0.1) is 17.8 Å². The lowest BCUT2D eigenvalue weighted by atomic mass is 9.61.